The quantitative estimate of drug-likeness (QED) is 0.677. The first-order valence-corrected chi connectivity index (χ1v) is 9.38. The molecule has 7 nitrogen and oxygen atoms in total. The Labute approximate surface area is 173 Å². The third-order valence-electron chi connectivity index (χ3n) is 4.59. The zero-order valence-corrected chi connectivity index (χ0v) is 16.3. The van der Waals surface area contributed by atoms with Gasteiger partial charge in [0.15, 0.2) is 11.5 Å². The molecule has 2 N–H and O–H groups in total. The molecule has 0 saturated carbocycles. The van der Waals surface area contributed by atoms with Gasteiger partial charge in [-0.15, -0.1) is 0 Å². The van der Waals surface area contributed by atoms with Crippen molar-refractivity contribution in [2.24, 2.45) is 0 Å². The molecular formula is C23H20N2O5. The summed E-state index contributed by atoms with van der Waals surface area (Å²) in [6.45, 7) is 0.0818. The summed E-state index contributed by atoms with van der Waals surface area (Å²) >= 11 is 0. The summed E-state index contributed by atoms with van der Waals surface area (Å²) in [5, 5.41) is 5.58. The van der Waals surface area contributed by atoms with Crippen LogP contribution >= 0.6 is 0 Å². The normalized spacial score (nSPS) is 14.5. The van der Waals surface area contributed by atoms with E-state index < -0.39 is 12.0 Å². The molecule has 30 heavy (non-hydrogen) atoms. The van der Waals surface area contributed by atoms with E-state index in [0.717, 1.165) is 0 Å². The number of carbonyl (C=O) groups excluding carboxylic acids is 2. The molecule has 0 aliphatic carbocycles. The van der Waals surface area contributed by atoms with Gasteiger partial charge in [0.25, 0.3) is 11.8 Å². The van der Waals surface area contributed by atoms with E-state index >= 15 is 0 Å². The van der Waals surface area contributed by atoms with E-state index in [1.165, 1.54) is 7.11 Å². The van der Waals surface area contributed by atoms with Crippen LogP contribution < -0.4 is 24.8 Å². The lowest BCUT2D eigenvalue weighted by atomic mass is 10.1. The number of methoxy groups -OCH3 is 1. The van der Waals surface area contributed by atoms with Gasteiger partial charge in [-0.2, -0.15) is 0 Å². The second-order valence-electron chi connectivity index (χ2n) is 6.55. The fourth-order valence-electron chi connectivity index (χ4n) is 3.09. The topological polar surface area (TPSA) is 85.9 Å². The van der Waals surface area contributed by atoms with Crippen molar-refractivity contribution in [2.45, 2.75) is 6.10 Å². The Morgan fingerprint density at radius 1 is 0.867 bits per heavy atom. The van der Waals surface area contributed by atoms with Crippen LogP contribution in [0.2, 0.25) is 0 Å². The van der Waals surface area contributed by atoms with Crippen LogP contribution in [0.5, 0.6) is 17.2 Å². The number of anilines is 2. The first-order valence-electron chi connectivity index (χ1n) is 9.38. The Hall–Kier alpha value is -4.00. The van der Waals surface area contributed by atoms with Crippen LogP contribution in [0.25, 0.3) is 0 Å². The molecule has 0 aromatic heterocycles. The molecule has 0 radical (unpaired) electrons. The zero-order chi connectivity index (χ0) is 20.9. The monoisotopic (exact) mass is 404 g/mol. The number of rotatable bonds is 5. The molecule has 4 rings (SSSR count). The average Bonchev–Trinajstić information content (AvgIpc) is 2.79. The Balaban J connectivity index is 1.49. The van der Waals surface area contributed by atoms with Gasteiger partial charge in [-0.05, 0) is 36.4 Å². The number of ether oxygens (including phenoxy) is 3. The van der Waals surface area contributed by atoms with Crippen molar-refractivity contribution in [1.82, 2.24) is 0 Å². The van der Waals surface area contributed by atoms with Crippen molar-refractivity contribution in [2.75, 3.05) is 24.4 Å². The second kappa shape index (κ2) is 8.57. The van der Waals surface area contributed by atoms with E-state index in [0.29, 0.717) is 34.2 Å². The SMILES string of the molecule is COc1ccccc1NC(=O)c1ccccc1NC(=O)[C@@H]1COc2ccccc2O1. The molecule has 1 heterocycles. The van der Waals surface area contributed by atoms with Gasteiger partial charge in [0.2, 0.25) is 6.10 Å². The fraction of sp³-hybridized carbons (Fsp3) is 0.130. The van der Waals surface area contributed by atoms with E-state index in [-0.39, 0.29) is 12.5 Å². The van der Waals surface area contributed by atoms with E-state index in [2.05, 4.69) is 10.6 Å². The Bertz CT molecular complexity index is 1080. The first kappa shape index (κ1) is 19.3. The van der Waals surface area contributed by atoms with Gasteiger partial charge in [-0.25, -0.2) is 0 Å². The van der Waals surface area contributed by atoms with Crippen molar-refractivity contribution < 1.29 is 23.8 Å². The van der Waals surface area contributed by atoms with Gasteiger partial charge in [0, 0.05) is 0 Å². The molecule has 1 atom stereocenters. The Kier molecular flexibility index (Phi) is 5.52. The summed E-state index contributed by atoms with van der Waals surface area (Å²) in [6.07, 6.45) is -0.828. The fourth-order valence-corrected chi connectivity index (χ4v) is 3.09. The maximum absolute atomic E-state index is 12.9. The summed E-state index contributed by atoms with van der Waals surface area (Å²) in [7, 11) is 1.53. The van der Waals surface area contributed by atoms with Gasteiger partial charge in [-0.1, -0.05) is 36.4 Å². The van der Waals surface area contributed by atoms with E-state index in [1.54, 1.807) is 60.7 Å². The summed E-state index contributed by atoms with van der Waals surface area (Å²) in [5.41, 5.74) is 1.22. The lowest BCUT2D eigenvalue weighted by Gasteiger charge is -2.25. The molecule has 2 amide bonds. The smallest absolute Gasteiger partial charge is 0.269 e. The zero-order valence-electron chi connectivity index (χ0n) is 16.3. The number of benzene rings is 3. The number of fused-ring (bicyclic) bond motifs is 1. The van der Waals surface area contributed by atoms with Gasteiger partial charge in [0.05, 0.1) is 24.0 Å². The number of nitrogens with one attached hydrogen (secondary N) is 2. The third kappa shape index (κ3) is 4.05. The number of para-hydroxylation sites is 5. The van der Waals surface area contributed by atoms with Crippen molar-refractivity contribution in [1.29, 1.82) is 0 Å². The average molecular weight is 404 g/mol. The van der Waals surface area contributed by atoms with Crippen LogP contribution in [0.1, 0.15) is 10.4 Å². The molecule has 3 aromatic carbocycles. The molecule has 0 saturated heterocycles. The lowest BCUT2D eigenvalue weighted by Crippen LogP contribution is -2.40. The van der Waals surface area contributed by atoms with Crippen LogP contribution in [0.15, 0.2) is 72.8 Å². The standard InChI is InChI=1S/C23H20N2O5/c1-28-18-11-5-4-10-17(18)25-22(26)15-8-2-3-9-16(15)24-23(27)21-14-29-19-12-6-7-13-20(19)30-21/h2-13,21H,14H2,1H3,(H,24,27)(H,25,26)/t21-/m0/s1. The number of hydrogen-bond donors (Lipinski definition) is 2. The van der Waals surface area contributed by atoms with Crippen LogP contribution in [0, 0.1) is 0 Å². The number of carbonyl (C=O) groups is 2. The van der Waals surface area contributed by atoms with Gasteiger partial charge >= 0.3 is 0 Å². The lowest BCUT2D eigenvalue weighted by molar-refractivity contribution is -0.125. The van der Waals surface area contributed by atoms with Crippen molar-refractivity contribution in [3.63, 3.8) is 0 Å². The highest BCUT2D eigenvalue weighted by Crippen LogP contribution is 2.31. The Morgan fingerprint density at radius 3 is 2.33 bits per heavy atom. The summed E-state index contributed by atoms with van der Waals surface area (Å²) in [6, 6.07) is 21.0. The molecular weight excluding hydrogens is 384 g/mol. The van der Waals surface area contributed by atoms with Crippen LogP contribution in [-0.2, 0) is 4.79 Å². The van der Waals surface area contributed by atoms with Crippen LogP contribution in [-0.4, -0.2) is 31.6 Å². The molecule has 0 fully saturated rings. The Morgan fingerprint density at radius 2 is 1.53 bits per heavy atom. The highest BCUT2D eigenvalue weighted by Gasteiger charge is 2.28. The molecule has 1 aliphatic heterocycles. The van der Waals surface area contributed by atoms with E-state index in [1.807, 2.05) is 12.1 Å². The highest BCUT2D eigenvalue weighted by atomic mass is 16.6. The van der Waals surface area contributed by atoms with Crippen LogP contribution in [0.4, 0.5) is 11.4 Å². The van der Waals surface area contributed by atoms with Gasteiger partial charge in [-0.3, -0.25) is 9.59 Å². The predicted octanol–water partition coefficient (Wildman–Crippen LogP) is 3.73. The number of amides is 2. The predicted molar refractivity (Wildman–Crippen MR) is 112 cm³/mol. The van der Waals surface area contributed by atoms with Gasteiger partial charge in [0.1, 0.15) is 12.4 Å². The van der Waals surface area contributed by atoms with Crippen molar-refractivity contribution in [3.8, 4) is 17.2 Å². The largest absolute Gasteiger partial charge is 0.495 e. The van der Waals surface area contributed by atoms with Crippen molar-refractivity contribution in [3.05, 3.63) is 78.4 Å². The molecule has 7 heteroatoms. The first-order chi connectivity index (χ1) is 14.7. The second-order valence-corrected chi connectivity index (χ2v) is 6.55. The third-order valence-corrected chi connectivity index (χ3v) is 4.59. The number of hydrogen-bond acceptors (Lipinski definition) is 5. The minimum Gasteiger partial charge on any atom is -0.495 e. The summed E-state index contributed by atoms with van der Waals surface area (Å²) in [5.74, 6) is 0.867. The molecule has 1 aliphatic rings. The molecule has 0 bridgehead atoms. The maximum Gasteiger partial charge on any atom is 0.269 e. The maximum atomic E-state index is 12.9. The molecule has 152 valence electrons. The summed E-state index contributed by atoms with van der Waals surface area (Å²) < 4.78 is 16.6. The highest BCUT2D eigenvalue weighted by molar-refractivity contribution is 6.11. The van der Waals surface area contributed by atoms with Crippen LogP contribution in [0.3, 0.4) is 0 Å². The summed E-state index contributed by atoms with van der Waals surface area (Å²) in [4.78, 5) is 25.6. The minimum absolute atomic E-state index is 0.0818. The van der Waals surface area contributed by atoms with Crippen molar-refractivity contribution >= 4 is 23.2 Å². The van der Waals surface area contributed by atoms with E-state index in [9.17, 15) is 9.59 Å². The molecule has 0 unspecified atom stereocenters. The molecule has 0 spiro atoms. The van der Waals surface area contributed by atoms with E-state index in [4.69, 9.17) is 14.2 Å². The van der Waals surface area contributed by atoms with Gasteiger partial charge < -0.3 is 24.8 Å². The minimum atomic E-state index is -0.828. The molecule has 3 aromatic rings.